The molecule has 0 aliphatic carbocycles. The lowest BCUT2D eigenvalue weighted by molar-refractivity contribution is 0.102. The Kier molecular flexibility index (Phi) is 5.73. The first-order chi connectivity index (χ1) is 9.70. The van der Waals surface area contributed by atoms with Gasteiger partial charge in [0.2, 0.25) is 0 Å². The molecule has 1 N–H and O–H groups in total. The van der Waals surface area contributed by atoms with Crippen LogP contribution in [0.15, 0.2) is 18.5 Å². The SMILES string of the molecule is O=C(NCCCl)N1CCCC(Oc2ccncc2Cl)C1. The van der Waals surface area contributed by atoms with Crippen molar-refractivity contribution in [2.45, 2.75) is 18.9 Å². The number of pyridine rings is 1. The summed E-state index contributed by atoms with van der Waals surface area (Å²) < 4.78 is 5.85. The first kappa shape index (κ1) is 15.2. The Hall–Kier alpha value is -1.20. The van der Waals surface area contributed by atoms with Crippen LogP contribution in [0.3, 0.4) is 0 Å². The minimum Gasteiger partial charge on any atom is -0.487 e. The van der Waals surface area contributed by atoms with Crippen molar-refractivity contribution in [2.75, 3.05) is 25.5 Å². The fourth-order valence-corrected chi connectivity index (χ4v) is 2.38. The van der Waals surface area contributed by atoms with Crippen LogP contribution in [0.5, 0.6) is 5.75 Å². The molecule has 1 aliphatic rings. The van der Waals surface area contributed by atoms with Gasteiger partial charge in [-0.1, -0.05) is 11.6 Å². The molecule has 1 unspecified atom stereocenters. The summed E-state index contributed by atoms with van der Waals surface area (Å²) in [6, 6.07) is 1.63. The number of ether oxygens (including phenoxy) is 1. The highest BCUT2D eigenvalue weighted by Crippen LogP contribution is 2.25. The number of hydrogen-bond acceptors (Lipinski definition) is 3. The molecule has 2 rings (SSSR count). The van der Waals surface area contributed by atoms with Crippen LogP contribution in [0.2, 0.25) is 5.02 Å². The zero-order chi connectivity index (χ0) is 14.4. The van der Waals surface area contributed by atoms with Crippen molar-refractivity contribution in [1.82, 2.24) is 15.2 Å². The molecule has 0 radical (unpaired) electrons. The van der Waals surface area contributed by atoms with E-state index in [4.69, 9.17) is 27.9 Å². The third-order valence-corrected chi connectivity index (χ3v) is 3.54. The van der Waals surface area contributed by atoms with Gasteiger partial charge in [-0.15, -0.1) is 11.6 Å². The van der Waals surface area contributed by atoms with Gasteiger partial charge in [0, 0.05) is 37.4 Å². The van der Waals surface area contributed by atoms with Gasteiger partial charge in [-0.2, -0.15) is 0 Å². The van der Waals surface area contributed by atoms with E-state index in [-0.39, 0.29) is 12.1 Å². The lowest BCUT2D eigenvalue weighted by Gasteiger charge is -2.33. The quantitative estimate of drug-likeness (QED) is 0.868. The molecular formula is C13H17Cl2N3O2. The molecule has 5 nitrogen and oxygen atoms in total. The zero-order valence-electron chi connectivity index (χ0n) is 11.0. The zero-order valence-corrected chi connectivity index (χ0v) is 12.5. The number of rotatable bonds is 4. The number of urea groups is 1. The summed E-state index contributed by atoms with van der Waals surface area (Å²) in [5.74, 6) is 1.02. The van der Waals surface area contributed by atoms with Crippen LogP contribution in [0.25, 0.3) is 0 Å². The van der Waals surface area contributed by atoms with Crippen molar-refractivity contribution in [3.8, 4) is 5.75 Å². The molecule has 1 aromatic rings. The fraction of sp³-hybridized carbons (Fsp3) is 0.538. The predicted octanol–water partition coefficient (Wildman–Crippen LogP) is 2.53. The van der Waals surface area contributed by atoms with E-state index < -0.39 is 0 Å². The number of likely N-dealkylation sites (tertiary alicyclic amines) is 1. The molecule has 1 atom stereocenters. The molecule has 0 spiro atoms. The first-order valence-electron chi connectivity index (χ1n) is 6.55. The van der Waals surface area contributed by atoms with Gasteiger partial charge in [-0.05, 0) is 12.8 Å². The van der Waals surface area contributed by atoms with E-state index in [2.05, 4.69) is 10.3 Å². The van der Waals surface area contributed by atoms with Crippen molar-refractivity contribution in [3.05, 3.63) is 23.5 Å². The maximum atomic E-state index is 11.9. The molecule has 1 saturated heterocycles. The second kappa shape index (κ2) is 7.55. The van der Waals surface area contributed by atoms with E-state index in [9.17, 15) is 4.79 Å². The van der Waals surface area contributed by atoms with Crippen molar-refractivity contribution >= 4 is 29.2 Å². The molecule has 0 aromatic carbocycles. The topological polar surface area (TPSA) is 54.5 Å². The van der Waals surface area contributed by atoms with Gasteiger partial charge in [0.1, 0.15) is 16.9 Å². The number of alkyl halides is 1. The van der Waals surface area contributed by atoms with Gasteiger partial charge in [0.25, 0.3) is 0 Å². The summed E-state index contributed by atoms with van der Waals surface area (Å²) in [7, 11) is 0. The number of carbonyl (C=O) groups excluding carboxylic acids is 1. The monoisotopic (exact) mass is 317 g/mol. The van der Waals surface area contributed by atoms with E-state index in [0.29, 0.717) is 29.7 Å². The van der Waals surface area contributed by atoms with Crippen LogP contribution in [0.4, 0.5) is 4.79 Å². The predicted molar refractivity (Wildman–Crippen MR) is 78.6 cm³/mol. The summed E-state index contributed by atoms with van der Waals surface area (Å²) in [5.41, 5.74) is 0. The summed E-state index contributed by atoms with van der Waals surface area (Å²) >= 11 is 11.6. The van der Waals surface area contributed by atoms with Gasteiger partial charge in [-0.3, -0.25) is 4.98 Å². The molecule has 1 aromatic heterocycles. The summed E-state index contributed by atoms with van der Waals surface area (Å²) in [6.07, 6.45) is 4.93. The van der Waals surface area contributed by atoms with E-state index in [0.717, 1.165) is 19.4 Å². The van der Waals surface area contributed by atoms with Gasteiger partial charge < -0.3 is 15.0 Å². The maximum absolute atomic E-state index is 11.9. The standard InChI is InChI=1S/C13H17Cl2N3O2/c14-4-6-17-13(19)18-7-1-2-10(9-18)20-12-3-5-16-8-11(12)15/h3,5,8,10H,1-2,4,6-7,9H2,(H,17,19). The fourth-order valence-electron chi connectivity index (χ4n) is 2.12. The number of piperidine rings is 1. The normalized spacial score (nSPS) is 18.7. The highest BCUT2D eigenvalue weighted by molar-refractivity contribution is 6.31. The van der Waals surface area contributed by atoms with E-state index in [1.807, 2.05) is 0 Å². The highest BCUT2D eigenvalue weighted by Gasteiger charge is 2.25. The van der Waals surface area contributed by atoms with E-state index >= 15 is 0 Å². The number of nitrogens with one attached hydrogen (secondary N) is 1. The van der Waals surface area contributed by atoms with Crippen molar-refractivity contribution < 1.29 is 9.53 Å². The Labute approximate surface area is 128 Å². The molecule has 2 amide bonds. The van der Waals surface area contributed by atoms with Gasteiger partial charge >= 0.3 is 6.03 Å². The third-order valence-electron chi connectivity index (χ3n) is 3.06. The largest absolute Gasteiger partial charge is 0.487 e. The first-order valence-corrected chi connectivity index (χ1v) is 7.47. The minimum absolute atomic E-state index is 0.0506. The Morgan fingerprint density at radius 3 is 3.20 bits per heavy atom. The number of halogens is 2. The summed E-state index contributed by atoms with van der Waals surface area (Å²) in [4.78, 5) is 17.5. The smallest absolute Gasteiger partial charge is 0.317 e. The van der Waals surface area contributed by atoms with Crippen LogP contribution in [0, 0.1) is 0 Å². The van der Waals surface area contributed by atoms with Crippen molar-refractivity contribution in [2.24, 2.45) is 0 Å². The molecule has 0 bridgehead atoms. The number of nitrogens with zero attached hydrogens (tertiary/aromatic N) is 2. The summed E-state index contributed by atoms with van der Waals surface area (Å²) in [5, 5.41) is 3.24. The molecule has 2 heterocycles. The number of aromatic nitrogens is 1. The van der Waals surface area contributed by atoms with Crippen LogP contribution >= 0.6 is 23.2 Å². The Balaban J connectivity index is 1.90. The molecule has 20 heavy (non-hydrogen) atoms. The van der Waals surface area contributed by atoms with Gasteiger partial charge in [-0.25, -0.2) is 4.79 Å². The maximum Gasteiger partial charge on any atom is 0.317 e. The van der Waals surface area contributed by atoms with Crippen molar-refractivity contribution in [3.63, 3.8) is 0 Å². The van der Waals surface area contributed by atoms with E-state index in [1.165, 1.54) is 0 Å². The molecular weight excluding hydrogens is 301 g/mol. The van der Waals surface area contributed by atoms with Gasteiger partial charge in [0.05, 0.1) is 6.54 Å². The third kappa shape index (κ3) is 4.15. The highest BCUT2D eigenvalue weighted by atomic mass is 35.5. The van der Waals surface area contributed by atoms with Crippen LogP contribution in [0.1, 0.15) is 12.8 Å². The summed E-state index contributed by atoms with van der Waals surface area (Å²) in [6.45, 7) is 1.75. The second-order valence-electron chi connectivity index (χ2n) is 4.56. The van der Waals surface area contributed by atoms with Crippen LogP contribution < -0.4 is 10.1 Å². The Bertz CT molecular complexity index is 459. The van der Waals surface area contributed by atoms with Crippen LogP contribution in [-0.2, 0) is 0 Å². The molecule has 1 fully saturated rings. The van der Waals surface area contributed by atoms with E-state index in [1.54, 1.807) is 23.4 Å². The number of amides is 2. The molecule has 7 heteroatoms. The molecule has 1 aliphatic heterocycles. The number of hydrogen-bond donors (Lipinski definition) is 1. The van der Waals surface area contributed by atoms with Crippen LogP contribution in [-0.4, -0.2) is 47.5 Å². The minimum atomic E-state index is -0.0974. The molecule has 0 saturated carbocycles. The average Bonchev–Trinajstić information content (AvgIpc) is 2.47. The Morgan fingerprint density at radius 2 is 2.45 bits per heavy atom. The molecule has 110 valence electrons. The van der Waals surface area contributed by atoms with Gasteiger partial charge in [0.15, 0.2) is 0 Å². The lowest BCUT2D eigenvalue weighted by atomic mass is 10.1. The second-order valence-corrected chi connectivity index (χ2v) is 5.34. The average molecular weight is 318 g/mol. The van der Waals surface area contributed by atoms with Crippen molar-refractivity contribution in [1.29, 1.82) is 0 Å². The Morgan fingerprint density at radius 1 is 1.60 bits per heavy atom. The lowest BCUT2D eigenvalue weighted by Crippen LogP contribution is -2.48. The number of carbonyl (C=O) groups is 1.